The minimum Gasteiger partial charge on any atom is -0.490 e. The van der Waals surface area contributed by atoms with E-state index in [1.807, 2.05) is 77.7 Å². The molecule has 0 aliphatic carbocycles. The number of aromatic nitrogens is 1. The summed E-state index contributed by atoms with van der Waals surface area (Å²) in [6.07, 6.45) is 4.98. The molecule has 180 valence electrons. The second-order valence-corrected chi connectivity index (χ2v) is 10.4. The van der Waals surface area contributed by atoms with E-state index in [4.69, 9.17) is 9.47 Å². The van der Waals surface area contributed by atoms with Gasteiger partial charge in [0.15, 0.2) is 0 Å². The lowest BCUT2D eigenvalue weighted by Crippen LogP contribution is -2.42. The number of benzene rings is 2. The Bertz CT molecular complexity index is 1330. The fraction of sp³-hybridized carbons (Fsp3) is 0.321. The van der Waals surface area contributed by atoms with Crippen LogP contribution in [-0.2, 0) is 13.7 Å². The van der Waals surface area contributed by atoms with Gasteiger partial charge in [0.1, 0.15) is 29.9 Å². The van der Waals surface area contributed by atoms with E-state index in [0.29, 0.717) is 24.4 Å². The molecule has 0 radical (unpaired) electrons. The van der Waals surface area contributed by atoms with Gasteiger partial charge in [-0.3, -0.25) is 4.79 Å². The maximum atomic E-state index is 13.0. The summed E-state index contributed by atoms with van der Waals surface area (Å²) in [4.78, 5) is 13.0. The minimum absolute atomic E-state index is 0.129. The van der Waals surface area contributed by atoms with Crippen LogP contribution in [0.3, 0.4) is 0 Å². The standard InChI is InChI=1S/C28H29N3O3S/c1-31-25-12-13-35-27(25)16-26(31)28(32)30-24-5-3-2-4-18(24)17-33-21-8-10-22(11-9-21)34-23-14-19-6-7-20(15-23)29-19/h2-5,8-13,16,19-20,23,29H,6-7,14-15,17H2,1H3,(H,30,32)/t19-,20+,23?. The molecule has 0 saturated carbocycles. The van der Waals surface area contributed by atoms with Crippen LogP contribution >= 0.6 is 11.3 Å². The van der Waals surface area contributed by atoms with Crippen molar-refractivity contribution in [3.8, 4) is 11.5 Å². The Hall–Kier alpha value is -3.29. The lowest BCUT2D eigenvalue weighted by atomic mass is 10.0. The van der Waals surface area contributed by atoms with Crippen LogP contribution in [0.1, 0.15) is 41.7 Å². The first kappa shape index (κ1) is 22.2. The zero-order valence-electron chi connectivity index (χ0n) is 19.7. The molecule has 4 heterocycles. The van der Waals surface area contributed by atoms with Crippen LogP contribution in [0.2, 0.25) is 0 Å². The molecule has 2 aliphatic heterocycles. The summed E-state index contributed by atoms with van der Waals surface area (Å²) in [6, 6.07) is 20.8. The van der Waals surface area contributed by atoms with Gasteiger partial charge in [-0.25, -0.2) is 0 Å². The second kappa shape index (κ2) is 9.40. The number of carbonyl (C=O) groups is 1. The number of nitrogens with one attached hydrogen (secondary N) is 2. The Morgan fingerprint density at radius 1 is 1.06 bits per heavy atom. The molecule has 2 bridgehead atoms. The van der Waals surface area contributed by atoms with Crippen molar-refractivity contribution in [3.63, 3.8) is 0 Å². The number of aryl methyl sites for hydroxylation is 1. The number of hydrogen-bond acceptors (Lipinski definition) is 5. The third kappa shape index (κ3) is 4.66. The first-order chi connectivity index (χ1) is 17.1. The van der Waals surface area contributed by atoms with Crippen LogP contribution in [-0.4, -0.2) is 28.7 Å². The Kier molecular flexibility index (Phi) is 5.96. The Morgan fingerprint density at radius 2 is 1.80 bits per heavy atom. The molecule has 2 aromatic heterocycles. The van der Waals surface area contributed by atoms with E-state index in [9.17, 15) is 4.79 Å². The van der Waals surface area contributed by atoms with Crippen LogP contribution in [0.5, 0.6) is 11.5 Å². The summed E-state index contributed by atoms with van der Waals surface area (Å²) < 4.78 is 15.3. The molecular formula is C28H29N3O3S. The molecule has 2 fully saturated rings. The van der Waals surface area contributed by atoms with E-state index in [2.05, 4.69) is 10.6 Å². The van der Waals surface area contributed by atoms with Gasteiger partial charge >= 0.3 is 0 Å². The number of piperidine rings is 1. The molecule has 7 heteroatoms. The lowest BCUT2D eigenvalue weighted by Gasteiger charge is -2.29. The van der Waals surface area contributed by atoms with Gasteiger partial charge in [-0.1, -0.05) is 18.2 Å². The zero-order chi connectivity index (χ0) is 23.8. The predicted molar refractivity (Wildman–Crippen MR) is 140 cm³/mol. The first-order valence-corrected chi connectivity index (χ1v) is 13.1. The number of nitrogens with zero attached hydrogens (tertiary/aromatic N) is 1. The SMILES string of the molecule is Cn1c(C(=O)Nc2ccccc2COc2ccc(OC3C[C@H]4CC[C@@H](C3)N4)cc2)cc2sccc21. The van der Waals surface area contributed by atoms with Crippen LogP contribution in [0.25, 0.3) is 10.2 Å². The van der Waals surface area contributed by atoms with Gasteiger partial charge in [0.2, 0.25) is 0 Å². The molecule has 1 amide bonds. The zero-order valence-corrected chi connectivity index (χ0v) is 20.5. The molecule has 1 unspecified atom stereocenters. The predicted octanol–water partition coefficient (Wildman–Crippen LogP) is 5.73. The highest BCUT2D eigenvalue weighted by atomic mass is 32.1. The molecule has 35 heavy (non-hydrogen) atoms. The first-order valence-electron chi connectivity index (χ1n) is 12.2. The van der Waals surface area contributed by atoms with E-state index in [0.717, 1.165) is 45.8 Å². The number of rotatable bonds is 7. The van der Waals surface area contributed by atoms with Gasteiger partial charge < -0.3 is 24.7 Å². The maximum absolute atomic E-state index is 13.0. The minimum atomic E-state index is -0.129. The molecule has 2 N–H and O–H groups in total. The number of thiophene rings is 1. The third-order valence-electron chi connectivity index (χ3n) is 7.11. The quantitative estimate of drug-likeness (QED) is 0.349. The van der Waals surface area contributed by atoms with Crippen molar-refractivity contribution in [2.75, 3.05) is 5.32 Å². The summed E-state index contributed by atoms with van der Waals surface area (Å²) in [5.74, 6) is 1.53. The van der Waals surface area contributed by atoms with Crippen LogP contribution in [0, 0.1) is 0 Å². The normalized spacial score (nSPS) is 21.2. The highest BCUT2D eigenvalue weighted by molar-refractivity contribution is 7.17. The maximum Gasteiger partial charge on any atom is 0.272 e. The topological polar surface area (TPSA) is 64.5 Å². The molecule has 2 aliphatic rings. The fourth-order valence-electron chi connectivity index (χ4n) is 5.29. The Morgan fingerprint density at radius 3 is 2.57 bits per heavy atom. The van der Waals surface area contributed by atoms with Gasteiger partial charge in [-0.2, -0.15) is 0 Å². The van der Waals surface area contributed by atoms with E-state index < -0.39 is 0 Å². The van der Waals surface area contributed by atoms with E-state index in [1.54, 1.807) is 11.3 Å². The van der Waals surface area contributed by atoms with Gasteiger partial charge in [0.25, 0.3) is 5.91 Å². The monoisotopic (exact) mass is 487 g/mol. The smallest absolute Gasteiger partial charge is 0.272 e. The molecule has 6 rings (SSSR count). The molecule has 3 atom stereocenters. The van der Waals surface area contributed by atoms with Gasteiger partial charge in [-0.15, -0.1) is 11.3 Å². The Labute approximate surface area is 208 Å². The van der Waals surface area contributed by atoms with Crippen molar-refractivity contribution >= 4 is 33.1 Å². The highest BCUT2D eigenvalue weighted by Crippen LogP contribution is 2.30. The number of amides is 1. The lowest BCUT2D eigenvalue weighted by molar-refractivity contribution is 0.101. The van der Waals surface area contributed by atoms with Crippen molar-refractivity contribution in [1.29, 1.82) is 0 Å². The summed E-state index contributed by atoms with van der Waals surface area (Å²) in [5.41, 5.74) is 3.38. The summed E-state index contributed by atoms with van der Waals surface area (Å²) in [7, 11) is 1.92. The van der Waals surface area contributed by atoms with Crippen molar-refractivity contribution in [2.45, 2.75) is 50.5 Å². The molecule has 0 spiro atoms. The van der Waals surface area contributed by atoms with Crippen molar-refractivity contribution in [3.05, 3.63) is 77.3 Å². The largest absolute Gasteiger partial charge is 0.490 e. The van der Waals surface area contributed by atoms with Crippen LogP contribution < -0.4 is 20.1 Å². The third-order valence-corrected chi connectivity index (χ3v) is 7.97. The number of fused-ring (bicyclic) bond motifs is 3. The van der Waals surface area contributed by atoms with Crippen LogP contribution in [0.15, 0.2) is 66.0 Å². The molecule has 2 aromatic carbocycles. The average Bonchev–Trinajstić information content (AvgIpc) is 3.55. The van der Waals surface area contributed by atoms with Gasteiger partial charge in [0.05, 0.1) is 10.2 Å². The van der Waals surface area contributed by atoms with E-state index in [1.165, 1.54) is 12.8 Å². The molecule has 2 saturated heterocycles. The number of carbonyl (C=O) groups excluding carboxylic acids is 1. The van der Waals surface area contributed by atoms with Crippen LogP contribution in [0.4, 0.5) is 5.69 Å². The van der Waals surface area contributed by atoms with E-state index >= 15 is 0 Å². The number of ether oxygens (including phenoxy) is 2. The number of para-hydroxylation sites is 1. The Balaban J connectivity index is 1.08. The second-order valence-electron chi connectivity index (χ2n) is 9.48. The average molecular weight is 488 g/mol. The number of anilines is 1. The van der Waals surface area contributed by atoms with Crippen molar-refractivity contribution < 1.29 is 14.3 Å². The summed E-state index contributed by atoms with van der Waals surface area (Å²) in [5, 5.41) is 8.75. The van der Waals surface area contributed by atoms with Gasteiger partial charge in [-0.05, 0) is 73.5 Å². The fourth-order valence-corrected chi connectivity index (χ4v) is 6.14. The highest BCUT2D eigenvalue weighted by Gasteiger charge is 2.34. The molecule has 6 nitrogen and oxygen atoms in total. The summed E-state index contributed by atoms with van der Waals surface area (Å²) in [6.45, 7) is 0.358. The molecular weight excluding hydrogens is 458 g/mol. The van der Waals surface area contributed by atoms with Gasteiger partial charge in [0, 0.05) is 30.4 Å². The van der Waals surface area contributed by atoms with E-state index in [-0.39, 0.29) is 12.0 Å². The number of hydrogen-bond donors (Lipinski definition) is 2. The van der Waals surface area contributed by atoms with Crippen molar-refractivity contribution in [2.24, 2.45) is 7.05 Å². The summed E-state index contributed by atoms with van der Waals surface area (Å²) >= 11 is 1.64. The van der Waals surface area contributed by atoms with Crippen molar-refractivity contribution in [1.82, 2.24) is 9.88 Å². The molecule has 4 aromatic rings.